The third kappa shape index (κ3) is 5.07. The third-order valence-corrected chi connectivity index (χ3v) is 2.90. The Hall–Kier alpha value is -1.79. The summed E-state index contributed by atoms with van der Waals surface area (Å²) in [6, 6.07) is 4.72. The molecule has 0 spiro atoms. The van der Waals surface area contributed by atoms with E-state index in [9.17, 15) is 14.4 Å². The van der Waals surface area contributed by atoms with Gasteiger partial charge in [-0.2, -0.15) is 0 Å². The van der Waals surface area contributed by atoms with Gasteiger partial charge in [-0.05, 0) is 18.6 Å². The van der Waals surface area contributed by atoms with Crippen LogP contribution in [0.25, 0.3) is 0 Å². The van der Waals surface area contributed by atoms with Crippen molar-refractivity contribution < 1.29 is 14.4 Å². The van der Waals surface area contributed by atoms with E-state index in [1.165, 1.54) is 0 Å². The highest BCUT2D eigenvalue weighted by molar-refractivity contribution is 6.44. The number of amides is 3. The molecule has 8 heteroatoms. The number of benzene rings is 1. The van der Waals surface area contributed by atoms with Crippen LogP contribution in [0, 0.1) is 0 Å². The average Bonchev–Trinajstić information content (AvgIpc) is 2.42. The Morgan fingerprint density at radius 1 is 1.10 bits per heavy atom. The maximum absolute atomic E-state index is 11.6. The van der Waals surface area contributed by atoms with Gasteiger partial charge in [-0.25, -0.2) is 0 Å². The topological polar surface area (TPSA) is 87.3 Å². The monoisotopic (exact) mass is 317 g/mol. The molecule has 0 bridgehead atoms. The summed E-state index contributed by atoms with van der Waals surface area (Å²) in [6.07, 6.45) is 1.08. The first-order chi connectivity index (χ1) is 9.56. The zero-order valence-electron chi connectivity index (χ0n) is 10.4. The van der Waals surface area contributed by atoms with Crippen molar-refractivity contribution in [3.63, 3.8) is 0 Å². The van der Waals surface area contributed by atoms with Gasteiger partial charge < -0.3 is 16.0 Å². The van der Waals surface area contributed by atoms with E-state index in [1.54, 1.807) is 18.2 Å². The minimum Gasteiger partial charge on any atom is -0.359 e. The third-order valence-electron chi connectivity index (χ3n) is 2.27. The van der Waals surface area contributed by atoms with Crippen LogP contribution in [0.3, 0.4) is 0 Å². The fourth-order valence-electron chi connectivity index (χ4n) is 1.32. The molecule has 0 aromatic heterocycles. The molecule has 1 aromatic rings. The van der Waals surface area contributed by atoms with Crippen LogP contribution in [-0.2, 0) is 14.4 Å². The predicted octanol–water partition coefficient (Wildman–Crippen LogP) is 1.18. The number of hydrogen-bond donors (Lipinski definition) is 3. The normalized spacial score (nSPS) is 9.70. The molecule has 20 heavy (non-hydrogen) atoms. The number of rotatable bonds is 6. The maximum atomic E-state index is 11.6. The summed E-state index contributed by atoms with van der Waals surface area (Å²) in [7, 11) is 0. The number of anilines is 1. The first-order valence-corrected chi connectivity index (χ1v) is 6.52. The molecular weight excluding hydrogens is 305 g/mol. The van der Waals surface area contributed by atoms with Gasteiger partial charge in [-0.3, -0.25) is 14.4 Å². The van der Waals surface area contributed by atoms with Gasteiger partial charge in [0.15, 0.2) is 0 Å². The molecule has 0 saturated heterocycles. The van der Waals surface area contributed by atoms with Crippen LogP contribution in [0.15, 0.2) is 18.2 Å². The highest BCUT2D eigenvalue weighted by Crippen LogP contribution is 2.29. The maximum Gasteiger partial charge on any atom is 0.313 e. The molecule has 3 N–H and O–H groups in total. The van der Waals surface area contributed by atoms with E-state index in [0.717, 1.165) is 0 Å². The van der Waals surface area contributed by atoms with Gasteiger partial charge in [0.25, 0.3) is 0 Å². The summed E-state index contributed by atoms with van der Waals surface area (Å²) in [5, 5.41) is 7.68. The Labute approximate surface area is 125 Å². The molecule has 3 amide bonds. The molecular formula is C12H13Cl2N3O3. The lowest BCUT2D eigenvalue weighted by Crippen LogP contribution is -2.36. The van der Waals surface area contributed by atoms with Gasteiger partial charge in [0.1, 0.15) is 0 Å². The van der Waals surface area contributed by atoms with E-state index in [4.69, 9.17) is 23.2 Å². The predicted molar refractivity (Wildman–Crippen MR) is 76.8 cm³/mol. The lowest BCUT2D eigenvalue weighted by atomic mass is 10.3. The van der Waals surface area contributed by atoms with Gasteiger partial charge in [-0.1, -0.05) is 29.3 Å². The highest BCUT2D eigenvalue weighted by Gasteiger charge is 2.16. The second-order valence-electron chi connectivity index (χ2n) is 3.73. The Bertz CT molecular complexity index is 488. The molecule has 0 radical (unpaired) electrons. The second-order valence-corrected chi connectivity index (χ2v) is 4.55. The summed E-state index contributed by atoms with van der Waals surface area (Å²) < 4.78 is 0. The zero-order chi connectivity index (χ0) is 15.0. The lowest BCUT2D eigenvalue weighted by molar-refractivity contribution is -0.136. The summed E-state index contributed by atoms with van der Waals surface area (Å²) in [5.41, 5.74) is 0.193. The van der Waals surface area contributed by atoms with Crippen LogP contribution >= 0.6 is 23.2 Å². The van der Waals surface area contributed by atoms with Gasteiger partial charge in [0.2, 0.25) is 6.41 Å². The van der Waals surface area contributed by atoms with Crippen molar-refractivity contribution in [3.8, 4) is 0 Å². The first kappa shape index (κ1) is 16.3. The molecule has 0 heterocycles. The van der Waals surface area contributed by atoms with Gasteiger partial charge in [0, 0.05) is 13.1 Å². The highest BCUT2D eigenvalue weighted by atomic mass is 35.5. The van der Waals surface area contributed by atoms with Crippen molar-refractivity contribution >= 4 is 47.1 Å². The van der Waals surface area contributed by atoms with Gasteiger partial charge in [0.05, 0.1) is 15.7 Å². The molecule has 1 rings (SSSR count). The minimum absolute atomic E-state index is 0.193. The molecule has 108 valence electrons. The molecule has 6 nitrogen and oxygen atoms in total. The van der Waals surface area contributed by atoms with Crippen molar-refractivity contribution in [1.29, 1.82) is 0 Å². The molecule has 1 aromatic carbocycles. The van der Waals surface area contributed by atoms with E-state index >= 15 is 0 Å². The quantitative estimate of drug-likeness (QED) is 0.418. The van der Waals surface area contributed by atoms with E-state index in [-0.39, 0.29) is 22.3 Å². The first-order valence-electron chi connectivity index (χ1n) is 5.76. The number of nitrogens with one attached hydrogen (secondary N) is 3. The fourth-order valence-corrected chi connectivity index (χ4v) is 1.81. The van der Waals surface area contributed by atoms with Crippen LogP contribution in [0.4, 0.5) is 5.69 Å². The summed E-state index contributed by atoms with van der Waals surface area (Å²) >= 11 is 11.7. The molecule has 0 aliphatic heterocycles. The fraction of sp³-hybridized carbons (Fsp3) is 0.250. The molecule has 0 atom stereocenters. The van der Waals surface area contributed by atoms with Crippen LogP contribution in [-0.4, -0.2) is 31.3 Å². The Kier molecular flexibility index (Phi) is 6.83. The van der Waals surface area contributed by atoms with Crippen LogP contribution < -0.4 is 16.0 Å². The van der Waals surface area contributed by atoms with Crippen molar-refractivity contribution in [2.24, 2.45) is 0 Å². The summed E-state index contributed by atoms with van der Waals surface area (Å²) in [4.78, 5) is 33.1. The van der Waals surface area contributed by atoms with Crippen LogP contribution in [0.5, 0.6) is 0 Å². The van der Waals surface area contributed by atoms with E-state index < -0.39 is 11.8 Å². The Balaban J connectivity index is 2.46. The Morgan fingerprint density at radius 3 is 2.35 bits per heavy atom. The Morgan fingerprint density at radius 2 is 1.75 bits per heavy atom. The summed E-state index contributed by atoms with van der Waals surface area (Å²) in [5.74, 6) is -1.66. The van der Waals surface area contributed by atoms with E-state index in [0.29, 0.717) is 19.4 Å². The van der Waals surface area contributed by atoms with Gasteiger partial charge in [-0.15, -0.1) is 0 Å². The van der Waals surface area contributed by atoms with Crippen molar-refractivity contribution in [3.05, 3.63) is 28.2 Å². The molecule has 0 saturated carbocycles. The largest absolute Gasteiger partial charge is 0.359 e. The standard InChI is InChI=1S/C12H13Cl2N3O3/c13-8-3-1-4-9(14)10(8)17-12(20)11(19)16-6-2-5-15-7-18/h1,3-4,7H,2,5-6H2,(H,15,18)(H,16,19)(H,17,20). The van der Waals surface area contributed by atoms with Crippen molar-refractivity contribution in [2.75, 3.05) is 18.4 Å². The number of hydrogen-bond acceptors (Lipinski definition) is 3. The molecule has 0 aliphatic carbocycles. The number of carbonyl (C=O) groups excluding carboxylic acids is 3. The number of halogens is 2. The smallest absolute Gasteiger partial charge is 0.313 e. The molecule has 0 fully saturated rings. The summed E-state index contributed by atoms with van der Waals surface area (Å²) in [6.45, 7) is 0.686. The number of carbonyl (C=O) groups is 3. The van der Waals surface area contributed by atoms with E-state index in [1.807, 2.05) is 0 Å². The minimum atomic E-state index is -0.858. The van der Waals surface area contributed by atoms with Crippen LogP contribution in [0.2, 0.25) is 10.0 Å². The van der Waals surface area contributed by atoms with Crippen molar-refractivity contribution in [1.82, 2.24) is 10.6 Å². The number of para-hydroxylation sites is 1. The average molecular weight is 318 g/mol. The SMILES string of the molecule is O=CNCCCNC(=O)C(=O)Nc1c(Cl)cccc1Cl. The molecule has 0 unspecified atom stereocenters. The van der Waals surface area contributed by atoms with Gasteiger partial charge >= 0.3 is 11.8 Å². The van der Waals surface area contributed by atoms with Crippen molar-refractivity contribution in [2.45, 2.75) is 6.42 Å². The molecule has 0 aliphatic rings. The lowest BCUT2D eigenvalue weighted by Gasteiger charge is -2.09. The van der Waals surface area contributed by atoms with Crippen LogP contribution in [0.1, 0.15) is 6.42 Å². The second kappa shape index (κ2) is 8.39. The zero-order valence-corrected chi connectivity index (χ0v) is 11.9. The van der Waals surface area contributed by atoms with E-state index in [2.05, 4.69) is 16.0 Å².